The second kappa shape index (κ2) is 16.5. The fourth-order valence-electron chi connectivity index (χ4n) is 4.51. The highest BCUT2D eigenvalue weighted by Crippen LogP contribution is 2.20. The molecule has 0 unspecified atom stereocenters. The number of amides is 4. The quantitative estimate of drug-likeness (QED) is 0.112. The first kappa shape index (κ1) is 35.3. The summed E-state index contributed by atoms with van der Waals surface area (Å²) in [5, 5.41) is 34.7. The van der Waals surface area contributed by atoms with Gasteiger partial charge in [0.15, 0.2) is 0 Å². The van der Waals surface area contributed by atoms with Crippen LogP contribution in [0, 0.1) is 11.8 Å². The van der Waals surface area contributed by atoms with Crippen LogP contribution in [0.4, 0.5) is 0 Å². The number of hydrogen-bond donors (Lipinski definition) is 7. The number of likely N-dealkylation sites (tertiary alicyclic amines) is 1. The van der Waals surface area contributed by atoms with Gasteiger partial charge in [-0.1, -0.05) is 27.7 Å². The van der Waals surface area contributed by atoms with E-state index in [1.807, 2.05) is 13.8 Å². The number of aliphatic carboxylic acids is 3. The van der Waals surface area contributed by atoms with E-state index < -0.39 is 96.9 Å². The van der Waals surface area contributed by atoms with Crippen LogP contribution in [0.2, 0.25) is 0 Å². The third-order valence-corrected chi connectivity index (χ3v) is 6.67. The van der Waals surface area contributed by atoms with Crippen molar-refractivity contribution in [3.63, 3.8) is 0 Å². The standard InChI is InChI=1S/C26H43N5O10/c1-13(2)12-15(27)25(39)31-11-5-6-18(31)24(38)29-16(7-9-19(32)33)22(36)28-17(8-10-20(34)35)23(37)30-21(14(3)4)26(40)41/h13-18,21H,5-12,27H2,1-4H3,(H,28,36)(H,29,38)(H,30,37)(H,32,33)(H,34,35)(H,40,41)/t15-,16-,17-,18-,21-/m0/s1. The molecular formula is C26H43N5O10. The molecule has 1 aliphatic rings. The van der Waals surface area contributed by atoms with Crippen molar-refractivity contribution < 1.29 is 48.9 Å². The molecule has 1 rings (SSSR count). The molecule has 1 saturated heterocycles. The monoisotopic (exact) mass is 585 g/mol. The van der Waals surface area contributed by atoms with Crippen LogP contribution in [-0.2, 0) is 33.6 Å². The number of carbonyl (C=O) groups is 7. The van der Waals surface area contributed by atoms with Gasteiger partial charge >= 0.3 is 17.9 Å². The fourth-order valence-corrected chi connectivity index (χ4v) is 4.51. The predicted molar refractivity (Wildman–Crippen MR) is 144 cm³/mol. The third kappa shape index (κ3) is 11.7. The van der Waals surface area contributed by atoms with E-state index in [1.54, 1.807) is 13.8 Å². The highest BCUT2D eigenvalue weighted by Gasteiger charge is 2.38. The van der Waals surface area contributed by atoms with E-state index in [4.69, 9.17) is 15.9 Å². The van der Waals surface area contributed by atoms with Crippen LogP contribution in [-0.4, -0.2) is 98.5 Å². The van der Waals surface area contributed by atoms with Crippen molar-refractivity contribution in [1.29, 1.82) is 0 Å². The molecule has 232 valence electrons. The van der Waals surface area contributed by atoms with Crippen LogP contribution in [0.3, 0.4) is 0 Å². The maximum atomic E-state index is 13.2. The zero-order valence-electron chi connectivity index (χ0n) is 23.9. The molecule has 0 bridgehead atoms. The van der Waals surface area contributed by atoms with Gasteiger partial charge < -0.3 is 41.9 Å². The maximum Gasteiger partial charge on any atom is 0.326 e. The van der Waals surface area contributed by atoms with Gasteiger partial charge in [-0.25, -0.2) is 4.79 Å². The molecule has 1 heterocycles. The normalized spacial score (nSPS) is 17.8. The lowest BCUT2D eigenvalue weighted by Gasteiger charge is -2.29. The second-order valence-electron chi connectivity index (χ2n) is 11.0. The lowest BCUT2D eigenvalue weighted by molar-refractivity contribution is -0.144. The minimum atomic E-state index is -1.48. The van der Waals surface area contributed by atoms with Crippen LogP contribution in [0.1, 0.15) is 72.6 Å². The smallest absolute Gasteiger partial charge is 0.326 e. The number of nitrogens with one attached hydrogen (secondary N) is 3. The molecule has 4 amide bonds. The summed E-state index contributed by atoms with van der Waals surface area (Å²) in [6.45, 7) is 7.19. The molecule has 0 aliphatic carbocycles. The summed E-state index contributed by atoms with van der Waals surface area (Å²) in [7, 11) is 0. The van der Waals surface area contributed by atoms with Crippen molar-refractivity contribution in [3.8, 4) is 0 Å². The van der Waals surface area contributed by atoms with Gasteiger partial charge in [0, 0.05) is 19.4 Å². The molecule has 0 aromatic heterocycles. The first-order valence-electron chi connectivity index (χ1n) is 13.7. The third-order valence-electron chi connectivity index (χ3n) is 6.67. The van der Waals surface area contributed by atoms with E-state index in [2.05, 4.69) is 16.0 Å². The van der Waals surface area contributed by atoms with E-state index in [0.29, 0.717) is 19.3 Å². The van der Waals surface area contributed by atoms with Gasteiger partial charge in [0.1, 0.15) is 24.2 Å². The summed E-state index contributed by atoms with van der Waals surface area (Å²) in [5.74, 6) is -7.26. The molecule has 0 spiro atoms. The number of carboxylic acids is 3. The molecule has 0 aromatic rings. The number of carboxylic acid groups (broad SMARTS) is 3. The Morgan fingerprint density at radius 3 is 1.80 bits per heavy atom. The van der Waals surface area contributed by atoms with Crippen LogP contribution in [0.25, 0.3) is 0 Å². The predicted octanol–water partition coefficient (Wildman–Crippen LogP) is -0.725. The molecule has 41 heavy (non-hydrogen) atoms. The molecule has 0 saturated carbocycles. The Kier molecular flexibility index (Phi) is 14.2. The van der Waals surface area contributed by atoms with Gasteiger partial charge in [-0.05, 0) is 43.9 Å². The van der Waals surface area contributed by atoms with Crippen molar-refractivity contribution in [3.05, 3.63) is 0 Å². The summed E-state index contributed by atoms with van der Waals surface area (Å²) in [4.78, 5) is 87.4. The van der Waals surface area contributed by atoms with Gasteiger partial charge in [-0.15, -0.1) is 0 Å². The van der Waals surface area contributed by atoms with Crippen molar-refractivity contribution in [2.24, 2.45) is 17.6 Å². The molecule has 0 radical (unpaired) electrons. The van der Waals surface area contributed by atoms with Crippen molar-refractivity contribution >= 4 is 41.5 Å². The zero-order chi connectivity index (χ0) is 31.4. The van der Waals surface area contributed by atoms with Gasteiger partial charge in [0.05, 0.1) is 6.04 Å². The highest BCUT2D eigenvalue weighted by molar-refractivity contribution is 5.96. The molecule has 1 fully saturated rings. The Balaban J connectivity index is 3.12. The molecule has 15 nitrogen and oxygen atoms in total. The van der Waals surface area contributed by atoms with Gasteiger partial charge in [0.25, 0.3) is 0 Å². The highest BCUT2D eigenvalue weighted by atomic mass is 16.4. The number of rotatable bonds is 17. The number of hydrogen-bond acceptors (Lipinski definition) is 8. The lowest BCUT2D eigenvalue weighted by atomic mass is 10.0. The first-order valence-corrected chi connectivity index (χ1v) is 13.7. The number of nitrogens with zero attached hydrogens (tertiary/aromatic N) is 1. The van der Waals surface area contributed by atoms with E-state index >= 15 is 0 Å². The second-order valence-corrected chi connectivity index (χ2v) is 11.0. The SMILES string of the molecule is CC(C)C[C@H](N)C(=O)N1CCC[C@H]1C(=O)N[C@@H](CCC(=O)O)C(=O)N[C@@H](CCC(=O)O)C(=O)N[C@H](C(=O)O)C(C)C. The molecule has 8 N–H and O–H groups in total. The van der Waals surface area contributed by atoms with E-state index in [0.717, 1.165) is 0 Å². The van der Waals surface area contributed by atoms with Crippen LogP contribution in [0.15, 0.2) is 0 Å². The first-order chi connectivity index (χ1) is 19.0. The summed E-state index contributed by atoms with van der Waals surface area (Å²) >= 11 is 0. The minimum Gasteiger partial charge on any atom is -0.481 e. The van der Waals surface area contributed by atoms with Crippen molar-refractivity contribution in [2.45, 2.75) is 103 Å². The molecule has 15 heteroatoms. The van der Waals surface area contributed by atoms with E-state index in [1.165, 1.54) is 4.90 Å². The topological polar surface area (TPSA) is 246 Å². The van der Waals surface area contributed by atoms with Crippen molar-refractivity contribution in [1.82, 2.24) is 20.9 Å². The minimum absolute atomic E-state index is 0.144. The number of nitrogens with two attached hydrogens (primary N) is 1. The van der Waals surface area contributed by atoms with Gasteiger partial charge in [-0.3, -0.25) is 28.8 Å². The van der Waals surface area contributed by atoms with Crippen LogP contribution >= 0.6 is 0 Å². The van der Waals surface area contributed by atoms with E-state index in [-0.39, 0.29) is 18.9 Å². The van der Waals surface area contributed by atoms with E-state index in [9.17, 15) is 38.7 Å². The fraction of sp³-hybridized carbons (Fsp3) is 0.731. The van der Waals surface area contributed by atoms with Crippen LogP contribution < -0.4 is 21.7 Å². The maximum absolute atomic E-state index is 13.2. The Hall–Kier alpha value is -3.75. The largest absolute Gasteiger partial charge is 0.481 e. The average molecular weight is 586 g/mol. The molecular weight excluding hydrogens is 542 g/mol. The van der Waals surface area contributed by atoms with Gasteiger partial charge in [-0.2, -0.15) is 0 Å². The lowest BCUT2D eigenvalue weighted by Crippen LogP contribution is -2.58. The number of carbonyl (C=O) groups excluding carboxylic acids is 4. The Morgan fingerprint density at radius 1 is 0.829 bits per heavy atom. The zero-order valence-corrected chi connectivity index (χ0v) is 23.9. The summed E-state index contributed by atoms with van der Waals surface area (Å²) in [6, 6.07) is -6.00. The van der Waals surface area contributed by atoms with Crippen LogP contribution in [0.5, 0.6) is 0 Å². The molecule has 5 atom stereocenters. The summed E-state index contributed by atoms with van der Waals surface area (Å²) < 4.78 is 0. The Labute approximate surface area is 238 Å². The Morgan fingerprint density at radius 2 is 1.34 bits per heavy atom. The molecule has 0 aromatic carbocycles. The molecule has 1 aliphatic heterocycles. The average Bonchev–Trinajstić information content (AvgIpc) is 3.35. The van der Waals surface area contributed by atoms with Gasteiger partial charge in [0.2, 0.25) is 23.6 Å². The van der Waals surface area contributed by atoms with Crippen molar-refractivity contribution in [2.75, 3.05) is 6.54 Å². The summed E-state index contributed by atoms with van der Waals surface area (Å²) in [5.41, 5.74) is 6.03. The summed E-state index contributed by atoms with van der Waals surface area (Å²) in [6.07, 6.45) is -0.596. The Bertz CT molecular complexity index is 986.